The van der Waals surface area contributed by atoms with Crippen LogP contribution in [0.2, 0.25) is 0 Å². The van der Waals surface area contributed by atoms with Gasteiger partial charge in [0.15, 0.2) is 0 Å². The Morgan fingerprint density at radius 3 is 2.00 bits per heavy atom. The van der Waals surface area contributed by atoms with Gasteiger partial charge >= 0.3 is 0 Å². The average molecular weight is 521 g/mol. The Hall–Kier alpha value is -3.24. The van der Waals surface area contributed by atoms with Crippen molar-refractivity contribution in [3.05, 3.63) is 143 Å². The van der Waals surface area contributed by atoms with Crippen molar-refractivity contribution >= 4 is 0 Å². The predicted octanol–water partition coefficient (Wildman–Crippen LogP) is 6.88. The summed E-state index contributed by atoms with van der Waals surface area (Å²) < 4.78 is 0. The first kappa shape index (κ1) is 28.8. The van der Waals surface area contributed by atoms with Gasteiger partial charge in [0.05, 0.1) is 5.60 Å². The molecule has 0 saturated carbocycles. The van der Waals surface area contributed by atoms with Gasteiger partial charge in [-0.25, -0.2) is 0 Å². The van der Waals surface area contributed by atoms with E-state index in [1.54, 1.807) is 0 Å². The molecule has 0 fully saturated rings. The molecule has 0 spiro atoms. The molecule has 0 aliphatic rings. The Labute approximate surface area is 234 Å². The van der Waals surface area contributed by atoms with Crippen LogP contribution in [0.4, 0.5) is 0 Å². The van der Waals surface area contributed by atoms with Crippen LogP contribution in [0.25, 0.3) is 0 Å². The Kier molecular flexibility index (Phi) is 10.5. The SMILES string of the molecule is CC(Cc1cccc(C(CCN)C(O)(CCN)c2cccc(CCCc3ccccc3)c2)c1)c1ccccc1. The maximum Gasteiger partial charge on any atom is 0.0977 e. The highest BCUT2D eigenvalue weighted by molar-refractivity contribution is 5.36. The van der Waals surface area contributed by atoms with E-state index in [1.165, 1.54) is 22.3 Å². The van der Waals surface area contributed by atoms with Crippen molar-refractivity contribution < 1.29 is 5.11 Å². The molecule has 3 heteroatoms. The van der Waals surface area contributed by atoms with Gasteiger partial charge in [-0.15, -0.1) is 0 Å². The molecule has 0 aliphatic carbocycles. The Morgan fingerprint density at radius 1 is 0.667 bits per heavy atom. The molecule has 5 N–H and O–H groups in total. The van der Waals surface area contributed by atoms with Gasteiger partial charge in [0.2, 0.25) is 0 Å². The molecule has 39 heavy (non-hydrogen) atoms. The van der Waals surface area contributed by atoms with E-state index in [1.807, 2.05) is 0 Å². The maximum atomic E-state index is 12.4. The number of nitrogens with two attached hydrogens (primary N) is 2. The third-order valence-electron chi connectivity index (χ3n) is 8.02. The van der Waals surface area contributed by atoms with Crippen LogP contribution in [0.15, 0.2) is 109 Å². The fraction of sp³-hybridized carbons (Fsp3) is 0.333. The van der Waals surface area contributed by atoms with E-state index < -0.39 is 5.60 Å². The van der Waals surface area contributed by atoms with Crippen molar-refractivity contribution in [3.63, 3.8) is 0 Å². The van der Waals surface area contributed by atoms with Gasteiger partial charge in [-0.2, -0.15) is 0 Å². The quantitative estimate of drug-likeness (QED) is 0.170. The van der Waals surface area contributed by atoms with Crippen molar-refractivity contribution in [2.24, 2.45) is 11.5 Å². The molecule has 0 aromatic heterocycles. The monoisotopic (exact) mass is 520 g/mol. The molecule has 0 saturated heterocycles. The van der Waals surface area contributed by atoms with Crippen LogP contribution in [-0.2, 0) is 24.9 Å². The van der Waals surface area contributed by atoms with Crippen molar-refractivity contribution in [3.8, 4) is 0 Å². The van der Waals surface area contributed by atoms with Crippen molar-refractivity contribution in [1.82, 2.24) is 0 Å². The first-order valence-corrected chi connectivity index (χ1v) is 14.4. The first-order valence-electron chi connectivity index (χ1n) is 14.4. The van der Waals surface area contributed by atoms with E-state index in [2.05, 4.69) is 116 Å². The van der Waals surface area contributed by atoms with Gasteiger partial charge in [0.25, 0.3) is 0 Å². The zero-order valence-corrected chi connectivity index (χ0v) is 23.3. The van der Waals surface area contributed by atoms with Gasteiger partial charge in [-0.1, -0.05) is 116 Å². The molecule has 0 heterocycles. The largest absolute Gasteiger partial charge is 0.384 e. The lowest BCUT2D eigenvalue weighted by molar-refractivity contribution is -0.00160. The Balaban J connectivity index is 1.57. The molecular formula is C36H44N2O. The summed E-state index contributed by atoms with van der Waals surface area (Å²) in [5.74, 6) is 0.266. The summed E-state index contributed by atoms with van der Waals surface area (Å²) in [5, 5.41) is 12.4. The van der Waals surface area contributed by atoms with Crippen LogP contribution in [0, 0.1) is 0 Å². The molecule has 3 unspecified atom stereocenters. The third kappa shape index (κ3) is 7.67. The van der Waals surface area contributed by atoms with Crippen LogP contribution < -0.4 is 11.5 Å². The van der Waals surface area contributed by atoms with Gasteiger partial charge in [-0.3, -0.25) is 0 Å². The Bertz CT molecular complexity index is 1270. The number of hydrogen-bond acceptors (Lipinski definition) is 3. The average Bonchev–Trinajstić information content (AvgIpc) is 2.97. The minimum atomic E-state index is -1.09. The van der Waals surface area contributed by atoms with Gasteiger partial charge in [0, 0.05) is 5.92 Å². The zero-order chi connectivity index (χ0) is 27.5. The molecular weight excluding hydrogens is 476 g/mol. The van der Waals surface area contributed by atoms with E-state index in [9.17, 15) is 5.11 Å². The third-order valence-corrected chi connectivity index (χ3v) is 8.02. The minimum absolute atomic E-state index is 0.141. The lowest BCUT2D eigenvalue weighted by Gasteiger charge is -2.37. The highest BCUT2D eigenvalue weighted by atomic mass is 16.3. The maximum absolute atomic E-state index is 12.4. The summed E-state index contributed by atoms with van der Waals surface area (Å²) in [6.45, 7) is 3.17. The van der Waals surface area contributed by atoms with E-state index in [-0.39, 0.29) is 5.92 Å². The topological polar surface area (TPSA) is 72.3 Å². The van der Waals surface area contributed by atoms with E-state index in [0.29, 0.717) is 31.8 Å². The van der Waals surface area contributed by atoms with Crippen molar-refractivity contribution in [2.75, 3.05) is 13.1 Å². The molecule has 4 aromatic rings. The molecule has 0 bridgehead atoms. The molecule has 4 aromatic carbocycles. The van der Waals surface area contributed by atoms with Crippen LogP contribution >= 0.6 is 0 Å². The second-order valence-corrected chi connectivity index (χ2v) is 10.9. The molecule has 0 amide bonds. The smallest absolute Gasteiger partial charge is 0.0977 e. The first-order chi connectivity index (χ1) is 19.0. The van der Waals surface area contributed by atoms with Crippen LogP contribution in [0.5, 0.6) is 0 Å². The fourth-order valence-corrected chi connectivity index (χ4v) is 5.91. The minimum Gasteiger partial charge on any atom is -0.384 e. The van der Waals surface area contributed by atoms with Gasteiger partial charge < -0.3 is 16.6 Å². The molecule has 204 valence electrons. The fourth-order valence-electron chi connectivity index (χ4n) is 5.91. The summed E-state index contributed by atoms with van der Waals surface area (Å²) in [7, 11) is 0. The van der Waals surface area contributed by atoms with E-state index in [4.69, 9.17) is 11.5 Å². The summed E-state index contributed by atoms with van der Waals surface area (Å²) in [6.07, 6.45) is 5.19. The van der Waals surface area contributed by atoms with Gasteiger partial charge in [0.1, 0.15) is 0 Å². The molecule has 0 aliphatic heterocycles. The number of aliphatic hydroxyl groups is 1. The molecule has 4 rings (SSSR count). The van der Waals surface area contributed by atoms with Crippen LogP contribution in [0.3, 0.4) is 0 Å². The number of hydrogen-bond donors (Lipinski definition) is 3. The lowest BCUT2D eigenvalue weighted by Crippen LogP contribution is -2.37. The van der Waals surface area contributed by atoms with E-state index >= 15 is 0 Å². The normalized spacial score (nSPS) is 14.5. The second kappa shape index (κ2) is 14.2. The summed E-state index contributed by atoms with van der Waals surface area (Å²) in [4.78, 5) is 0. The van der Waals surface area contributed by atoms with Crippen LogP contribution in [0.1, 0.15) is 71.4 Å². The second-order valence-electron chi connectivity index (χ2n) is 10.9. The van der Waals surface area contributed by atoms with Crippen molar-refractivity contribution in [1.29, 1.82) is 0 Å². The highest BCUT2D eigenvalue weighted by Gasteiger charge is 2.38. The van der Waals surface area contributed by atoms with Crippen LogP contribution in [-0.4, -0.2) is 18.2 Å². The molecule has 3 nitrogen and oxygen atoms in total. The number of benzene rings is 4. The standard InChI is InChI=1S/C36H44N2O/c1-28(32-17-6-3-7-18-32)25-31-16-9-19-33(26-31)35(21-23-37)36(39,22-24-38)34-20-10-15-30(27-34)14-8-13-29-11-4-2-5-12-29/h2-7,9-12,15-20,26-28,35,39H,8,13-14,21-25,37-38H2,1H3. The Morgan fingerprint density at radius 2 is 1.28 bits per heavy atom. The predicted molar refractivity (Wildman–Crippen MR) is 164 cm³/mol. The highest BCUT2D eigenvalue weighted by Crippen LogP contribution is 2.42. The summed E-state index contributed by atoms with van der Waals surface area (Å²) in [5.41, 5.74) is 18.4. The zero-order valence-electron chi connectivity index (χ0n) is 23.3. The molecule has 3 atom stereocenters. The van der Waals surface area contributed by atoms with Crippen molar-refractivity contribution in [2.45, 2.75) is 62.9 Å². The summed E-state index contributed by atoms with van der Waals surface area (Å²) in [6, 6.07) is 38.5. The molecule has 0 radical (unpaired) electrons. The van der Waals surface area contributed by atoms with Gasteiger partial charge in [-0.05, 0) is 90.9 Å². The number of aryl methyl sites for hydroxylation is 2. The van der Waals surface area contributed by atoms with E-state index in [0.717, 1.165) is 36.8 Å². The lowest BCUT2D eigenvalue weighted by atomic mass is 9.73. The summed E-state index contributed by atoms with van der Waals surface area (Å²) >= 11 is 0. The number of rotatable bonds is 14.